The van der Waals surface area contributed by atoms with Gasteiger partial charge in [0, 0.05) is 12.5 Å². The summed E-state index contributed by atoms with van der Waals surface area (Å²) in [6.07, 6.45) is 24.1. The molecule has 5 rings (SSSR count). The van der Waals surface area contributed by atoms with E-state index in [0.29, 0.717) is 10.8 Å². The van der Waals surface area contributed by atoms with Crippen molar-refractivity contribution in [3.8, 4) is 0 Å². The Morgan fingerprint density at radius 2 is 1.77 bits per heavy atom. The maximum Gasteiger partial charge on any atom is 0.331 e. The summed E-state index contributed by atoms with van der Waals surface area (Å²) in [5.41, 5.74) is 3.55. The zero-order valence-electron chi connectivity index (χ0n) is 25.9. The average Bonchev–Trinajstić information content (AvgIpc) is 3.29. The van der Waals surface area contributed by atoms with Gasteiger partial charge in [-0.05, 0) is 96.8 Å². The second kappa shape index (κ2) is 12.4. The van der Waals surface area contributed by atoms with Crippen LogP contribution < -0.4 is 0 Å². The van der Waals surface area contributed by atoms with E-state index < -0.39 is 0 Å². The first-order valence-corrected chi connectivity index (χ1v) is 16.5. The van der Waals surface area contributed by atoms with E-state index in [1.54, 1.807) is 17.7 Å². The molecule has 2 heteroatoms. The lowest BCUT2D eigenvalue weighted by molar-refractivity contribution is -0.145. The fourth-order valence-corrected chi connectivity index (χ4v) is 9.82. The molecule has 3 fully saturated rings. The maximum absolute atomic E-state index is 12.6. The van der Waals surface area contributed by atoms with Crippen LogP contribution in [0.5, 0.6) is 0 Å². The van der Waals surface area contributed by atoms with Gasteiger partial charge >= 0.3 is 5.97 Å². The van der Waals surface area contributed by atoms with Gasteiger partial charge in [0.1, 0.15) is 6.10 Å². The van der Waals surface area contributed by atoms with Gasteiger partial charge in [-0.25, -0.2) is 4.79 Å². The molecule has 4 aliphatic rings. The van der Waals surface area contributed by atoms with Crippen molar-refractivity contribution in [3.05, 3.63) is 65.8 Å². The molecule has 40 heavy (non-hydrogen) atoms. The summed E-state index contributed by atoms with van der Waals surface area (Å²) in [7, 11) is 0. The largest absolute Gasteiger partial charge is 0.459 e. The normalized spacial score (nSPS) is 36.2. The molecule has 0 heterocycles. The van der Waals surface area contributed by atoms with E-state index in [0.717, 1.165) is 60.3 Å². The third-order valence-electron chi connectivity index (χ3n) is 12.0. The number of fused-ring (bicyclic) bond motifs is 5. The predicted molar refractivity (Wildman–Crippen MR) is 168 cm³/mol. The summed E-state index contributed by atoms with van der Waals surface area (Å²) in [4.78, 5) is 12.6. The molecule has 0 bridgehead atoms. The van der Waals surface area contributed by atoms with E-state index in [9.17, 15) is 4.79 Å². The molecule has 4 aliphatic carbocycles. The van der Waals surface area contributed by atoms with Gasteiger partial charge in [-0.2, -0.15) is 0 Å². The lowest BCUT2D eigenvalue weighted by Crippen LogP contribution is -2.51. The van der Waals surface area contributed by atoms with Crippen LogP contribution in [-0.2, 0) is 9.53 Å². The second-order valence-electron chi connectivity index (χ2n) is 14.7. The Morgan fingerprint density at radius 1 is 0.975 bits per heavy atom. The molecule has 0 aromatic heterocycles. The van der Waals surface area contributed by atoms with Crippen molar-refractivity contribution in [2.24, 2.45) is 46.3 Å². The van der Waals surface area contributed by atoms with E-state index in [1.807, 2.05) is 30.4 Å². The van der Waals surface area contributed by atoms with E-state index in [1.165, 1.54) is 51.4 Å². The molecule has 0 unspecified atom stereocenters. The van der Waals surface area contributed by atoms with Crippen molar-refractivity contribution < 1.29 is 9.53 Å². The highest BCUT2D eigenvalue weighted by Crippen LogP contribution is 2.67. The summed E-state index contributed by atoms with van der Waals surface area (Å²) in [5, 5.41) is 0. The summed E-state index contributed by atoms with van der Waals surface area (Å²) in [6, 6.07) is 10.1. The van der Waals surface area contributed by atoms with Crippen LogP contribution in [0, 0.1) is 46.3 Å². The standard InChI is InChI=1S/C38H54O2/c1-27(2)12-11-13-28(3)33-20-21-34-32-19-18-30-26-31(22-24-37(30,4)35(32)23-25-38(33,34)5)40-36(39)17-10-9-16-29-14-7-6-8-15-29/h6-10,14-18,27-28,31-35H,11-13,19-26H2,1-5H3/b16-9+,17-10+/t28-,31+,32+,33-,34-,35-,37+,38-/m1/s1. The van der Waals surface area contributed by atoms with Crippen LogP contribution in [0.1, 0.15) is 111 Å². The molecule has 0 saturated heterocycles. The van der Waals surface area contributed by atoms with Crippen LogP contribution in [0.15, 0.2) is 60.2 Å². The van der Waals surface area contributed by atoms with Crippen LogP contribution in [0.2, 0.25) is 0 Å². The highest BCUT2D eigenvalue weighted by atomic mass is 16.5. The minimum absolute atomic E-state index is 0.0162. The molecule has 218 valence electrons. The quantitative estimate of drug-likeness (QED) is 0.134. The third-order valence-corrected chi connectivity index (χ3v) is 12.0. The lowest BCUT2D eigenvalue weighted by atomic mass is 9.47. The van der Waals surface area contributed by atoms with Gasteiger partial charge in [0.25, 0.3) is 0 Å². The number of benzene rings is 1. The minimum Gasteiger partial charge on any atom is -0.459 e. The fraction of sp³-hybridized carbons (Fsp3) is 0.658. The number of hydrogen-bond donors (Lipinski definition) is 0. The molecule has 2 nitrogen and oxygen atoms in total. The third kappa shape index (κ3) is 6.07. The van der Waals surface area contributed by atoms with Crippen molar-refractivity contribution in [3.63, 3.8) is 0 Å². The molecule has 0 aliphatic heterocycles. The van der Waals surface area contributed by atoms with Crippen LogP contribution >= 0.6 is 0 Å². The van der Waals surface area contributed by atoms with E-state index in [4.69, 9.17) is 4.74 Å². The number of rotatable bonds is 9. The second-order valence-corrected chi connectivity index (χ2v) is 14.7. The zero-order valence-corrected chi connectivity index (χ0v) is 25.9. The predicted octanol–water partition coefficient (Wildman–Crippen LogP) is 10.2. The summed E-state index contributed by atoms with van der Waals surface area (Å²) in [6.45, 7) is 12.5. The smallest absolute Gasteiger partial charge is 0.331 e. The van der Waals surface area contributed by atoms with Crippen LogP contribution in [0.3, 0.4) is 0 Å². The SMILES string of the molecule is CC(C)CCC[C@@H](C)[C@H]1CC[C@@H]2[C@@H]3CC=C4C[C@@H](OC(=O)/C=C/C=C/c5ccccc5)CC[C@]4(C)[C@@H]3CC[C@@]21C. The highest BCUT2D eigenvalue weighted by Gasteiger charge is 2.59. The molecule has 3 saturated carbocycles. The average molecular weight is 543 g/mol. The van der Waals surface area contributed by atoms with Crippen molar-refractivity contribution in [1.82, 2.24) is 0 Å². The number of allylic oxidation sites excluding steroid dienone is 3. The zero-order chi connectivity index (χ0) is 28.3. The molecule has 0 radical (unpaired) electrons. The molecule has 1 aromatic carbocycles. The molecular formula is C38H54O2. The Kier molecular flexibility index (Phi) is 9.13. The number of ether oxygens (including phenoxy) is 1. The number of carbonyl (C=O) groups is 1. The molecular weight excluding hydrogens is 488 g/mol. The first-order chi connectivity index (χ1) is 19.2. The van der Waals surface area contributed by atoms with Crippen molar-refractivity contribution >= 4 is 12.0 Å². The Balaban J connectivity index is 1.18. The Bertz CT molecular complexity index is 1100. The Morgan fingerprint density at radius 3 is 2.55 bits per heavy atom. The van der Waals surface area contributed by atoms with E-state index in [2.05, 4.69) is 52.8 Å². The first kappa shape index (κ1) is 29.4. The molecule has 8 atom stereocenters. The van der Waals surface area contributed by atoms with Gasteiger partial charge in [0.2, 0.25) is 0 Å². The Hall–Kier alpha value is -2.09. The maximum atomic E-state index is 12.6. The molecule has 1 aromatic rings. The summed E-state index contributed by atoms with van der Waals surface area (Å²) < 4.78 is 5.95. The van der Waals surface area contributed by atoms with Gasteiger partial charge in [-0.1, -0.05) is 114 Å². The molecule has 0 amide bonds. The van der Waals surface area contributed by atoms with Crippen molar-refractivity contribution in [2.45, 2.75) is 111 Å². The van der Waals surface area contributed by atoms with Gasteiger partial charge in [-0.15, -0.1) is 0 Å². The first-order valence-electron chi connectivity index (χ1n) is 16.5. The van der Waals surface area contributed by atoms with Gasteiger partial charge in [0.15, 0.2) is 0 Å². The topological polar surface area (TPSA) is 26.3 Å². The Labute approximate surface area is 244 Å². The van der Waals surface area contributed by atoms with Crippen LogP contribution in [-0.4, -0.2) is 12.1 Å². The van der Waals surface area contributed by atoms with E-state index in [-0.39, 0.29) is 12.1 Å². The van der Waals surface area contributed by atoms with Gasteiger partial charge in [0.05, 0.1) is 0 Å². The van der Waals surface area contributed by atoms with Crippen molar-refractivity contribution in [1.29, 1.82) is 0 Å². The van der Waals surface area contributed by atoms with Crippen molar-refractivity contribution in [2.75, 3.05) is 0 Å². The number of esters is 1. The summed E-state index contributed by atoms with van der Waals surface area (Å²) in [5.74, 6) is 4.93. The number of hydrogen-bond acceptors (Lipinski definition) is 2. The monoisotopic (exact) mass is 542 g/mol. The van der Waals surface area contributed by atoms with E-state index >= 15 is 0 Å². The van der Waals surface area contributed by atoms with Gasteiger partial charge in [-0.3, -0.25) is 0 Å². The van der Waals surface area contributed by atoms with Crippen LogP contribution in [0.4, 0.5) is 0 Å². The molecule has 0 N–H and O–H groups in total. The summed E-state index contributed by atoms with van der Waals surface area (Å²) >= 11 is 0. The molecule has 0 spiro atoms. The number of carbonyl (C=O) groups excluding carboxylic acids is 1. The van der Waals surface area contributed by atoms with Gasteiger partial charge < -0.3 is 4.74 Å². The fourth-order valence-electron chi connectivity index (χ4n) is 9.82. The lowest BCUT2D eigenvalue weighted by Gasteiger charge is -2.58. The highest BCUT2D eigenvalue weighted by molar-refractivity contribution is 5.82. The minimum atomic E-state index is -0.214. The van der Waals surface area contributed by atoms with Crippen LogP contribution in [0.25, 0.3) is 6.08 Å².